The highest BCUT2D eigenvalue weighted by molar-refractivity contribution is 4.83. The first-order chi connectivity index (χ1) is 6.54. The average Bonchev–Trinajstić information content (AvgIpc) is 2.14. The van der Waals surface area contributed by atoms with Crippen LogP contribution in [0.25, 0.3) is 10.4 Å². The molecule has 0 spiro atoms. The van der Waals surface area contributed by atoms with Crippen molar-refractivity contribution in [2.45, 2.75) is 25.1 Å². The SMILES string of the molecule is [N-]=[N+]=NC[C@@H]1C[C@H](C(F)(F)F)CCN1. The van der Waals surface area contributed by atoms with Crippen LogP contribution in [0, 0.1) is 5.92 Å². The molecule has 1 N–H and O–H groups in total. The predicted octanol–water partition coefficient (Wildman–Crippen LogP) is 2.23. The molecule has 1 aliphatic rings. The summed E-state index contributed by atoms with van der Waals surface area (Å²) >= 11 is 0. The Kier molecular flexibility index (Phi) is 3.60. The van der Waals surface area contributed by atoms with Crippen LogP contribution in [0.15, 0.2) is 5.11 Å². The maximum Gasteiger partial charge on any atom is 0.391 e. The van der Waals surface area contributed by atoms with Gasteiger partial charge in [-0.2, -0.15) is 13.2 Å². The van der Waals surface area contributed by atoms with Gasteiger partial charge in [0.1, 0.15) is 0 Å². The van der Waals surface area contributed by atoms with Gasteiger partial charge in [0, 0.05) is 17.5 Å². The highest BCUT2D eigenvalue weighted by Gasteiger charge is 2.41. The van der Waals surface area contributed by atoms with Crippen molar-refractivity contribution in [1.29, 1.82) is 0 Å². The largest absolute Gasteiger partial charge is 0.391 e. The number of nitrogens with zero attached hydrogens (tertiary/aromatic N) is 3. The number of hydrogen-bond donors (Lipinski definition) is 1. The van der Waals surface area contributed by atoms with Gasteiger partial charge in [-0.05, 0) is 24.9 Å². The molecule has 1 heterocycles. The number of alkyl halides is 3. The van der Waals surface area contributed by atoms with Crippen LogP contribution in [-0.4, -0.2) is 25.3 Å². The lowest BCUT2D eigenvalue weighted by molar-refractivity contribution is -0.182. The zero-order chi connectivity index (χ0) is 10.6. The molecule has 1 saturated heterocycles. The lowest BCUT2D eigenvalue weighted by atomic mass is 9.92. The first kappa shape index (κ1) is 11.1. The van der Waals surface area contributed by atoms with Gasteiger partial charge in [-0.3, -0.25) is 0 Å². The van der Waals surface area contributed by atoms with E-state index >= 15 is 0 Å². The second-order valence-corrected chi connectivity index (χ2v) is 3.33. The minimum Gasteiger partial charge on any atom is -0.314 e. The van der Waals surface area contributed by atoms with Crippen LogP contribution >= 0.6 is 0 Å². The van der Waals surface area contributed by atoms with Crippen molar-refractivity contribution in [1.82, 2.24) is 5.32 Å². The average molecular weight is 208 g/mol. The van der Waals surface area contributed by atoms with Crippen molar-refractivity contribution in [2.75, 3.05) is 13.1 Å². The molecule has 0 aromatic rings. The Hall–Kier alpha value is -0.940. The molecule has 14 heavy (non-hydrogen) atoms. The number of hydrogen-bond acceptors (Lipinski definition) is 2. The van der Waals surface area contributed by atoms with Crippen LogP contribution in [0.5, 0.6) is 0 Å². The first-order valence-electron chi connectivity index (χ1n) is 4.35. The molecule has 80 valence electrons. The predicted molar refractivity (Wildman–Crippen MR) is 44.6 cm³/mol. The third-order valence-corrected chi connectivity index (χ3v) is 2.32. The van der Waals surface area contributed by atoms with Crippen LogP contribution in [-0.2, 0) is 0 Å². The maximum absolute atomic E-state index is 12.3. The minimum atomic E-state index is -4.13. The number of azide groups is 1. The van der Waals surface area contributed by atoms with Crippen molar-refractivity contribution in [2.24, 2.45) is 11.0 Å². The van der Waals surface area contributed by atoms with E-state index in [1.807, 2.05) is 0 Å². The molecule has 0 aliphatic carbocycles. The fourth-order valence-corrected chi connectivity index (χ4v) is 1.58. The fraction of sp³-hybridized carbons (Fsp3) is 1.00. The van der Waals surface area contributed by atoms with E-state index in [2.05, 4.69) is 15.3 Å². The molecule has 4 nitrogen and oxygen atoms in total. The highest BCUT2D eigenvalue weighted by Crippen LogP contribution is 2.33. The van der Waals surface area contributed by atoms with Crippen LogP contribution in [0.1, 0.15) is 12.8 Å². The molecule has 0 amide bonds. The number of rotatable bonds is 2. The van der Waals surface area contributed by atoms with Crippen molar-refractivity contribution in [3.63, 3.8) is 0 Å². The van der Waals surface area contributed by atoms with E-state index in [-0.39, 0.29) is 25.4 Å². The molecule has 1 rings (SSSR count). The normalized spacial score (nSPS) is 28.2. The van der Waals surface area contributed by atoms with Crippen molar-refractivity contribution < 1.29 is 13.2 Å². The lowest BCUT2D eigenvalue weighted by Gasteiger charge is -2.30. The van der Waals surface area contributed by atoms with E-state index in [4.69, 9.17) is 5.53 Å². The highest BCUT2D eigenvalue weighted by atomic mass is 19.4. The van der Waals surface area contributed by atoms with E-state index in [1.54, 1.807) is 0 Å². The van der Waals surface area contributed by atoms with Crippen LogP contribution in [0.4, 0.5) is 13.2 Å². The summed E-state index contributed by atoms with van der Waals surface area (Å²) in [6.45, 7) is 0.416. The summed E-state index contributed by atoms with van der Waals surface area (Å²) in [4.78, 5) is 2.52. The van der Waals surface area contributed by atoms with Crippen LogP contribution < -0.4 is 5.32 Å². The Labute approximate surface area is 79.1 Å². The molecule has 1 fully saturated rings. The maximum atomic E-state index is 12.3. The van der Waals surface area contributed by atoms with Gasteiger partial charge in [-0.1, -0.05) is 5.11 Å². The molecule has 0 aromatic heterocycles. The Balaban J connectivity index is 2.47. The van der Waals surface area contributed by atoms with E-state index < -0.39 is 12.1 Å². The lowest BCUT2D eigenvalue weighted by Crippen LogP contribution is -2.44. The van der Waals surface area contributed by atoms with Gasteiger partial charge < -0.3 is 5.32 Å². The van der Waals surface area contributed by atoms with Gasteiger partial charge in [0.15, 0.2) is 0 Å². The molecular formula is C7H11F3N4. The summed E-state index contributed by atoms with van der Waals surface area (Å²) in [5, 5.41) is 6.15. The van der Waals surface area contributed by atoms with Gasteiger partial charge in [-0.25, -0.2) is 0 Å². The fourth-order valence-electron chi connectivity index (χ4n) is 1.58. The summed E-state index contributed by atoms with van der Waals surface area (Å²) in [6.07, 6.45) is -4.02. The first-order valence-corrected chi connectivity index (χ1v) is 4.35. The standard InChI is InChI=1S/C7H11F3N4/c8-7(9,10)5-1-2-12-6(3-5)4-13-14-11/h5-6,12H,1-4H2/t5-,6+/m1/s1. The topological polar surface area (TPSA) is 60.8 Å². The summed E-state index contributed by atoms with van der Waals surface area (Å²) in [7, 11) is 0. The molecule has 1 aliphatic heterocycles. The Bertz CT molecular complexity index is 234. The number of piperidine rings is 1. The van der Waals surface area contributed by atoms with Crippen LogP contribution in [0.2, 0.25) is 0 Å². The van der Waals surface area contributed by atoms with Gasteiger partial charge in [0.05, 0.1) is 5.92 Å². The van der Waals surface area contributed by atoms with E-state index in [1.165, 1.54) is 0 Å². The third kappa shape index (κ3) is 3.08. The Morgan fingerprint density at radius 2 is 2.21 bits per heavy atom. The summed E-state index contributed by atoms with van der Waals surface area (Å²) in [5.41, 5.74) is 8.03. The van der Waals surface area contributed by atoms with Gasteiger partial charge in [0.2, 0.25) is 0 Å². The van der Waals surface area contributed by atoms with Gasteiger partial charge in [-0.15, -0.1) is 0 Å². The Morgan fingerprint density at radius 1 is 1.50 bits per heavy atom. The monoisotopic (exact) mass is 208 g/mol. The van der Waals surface area contributed by atoms with E-state index in [0.717, 1.165) is 0 Å². The number of halogens is 3. The molecule has 0 saturated carbocycles. The summed E-state index contributed by atoms with van der Waals surface area (Å²) < 4.78 is 36.9. The van der Waals surface area contributed by atoms with Gasteiger partial charge in [0.25, 0.3) is 0 Å². The molecule has 0 unspecified atom stereocenters. The molecule has 2 atom stereocenters. The van der Waals surface area contributed by atoms with Crippen molar-refractivity contribution >= 4 is 0 Å². The van der Waals surface area contributed by atoms with Crippen molar-refractivity contribution in [3.8, 4) is 0 Å². The molecule has 0 bridgehead atoms. The summed E-state index contributed by atoms with van der Waals surface area (Å²) in [6, 6.07) is -0.341. The van der Waals surface area contributed by atoms with E-state index in [0.29, 0.717) is 6.54 Å². The minimum absolute atomic E-state index is 0.00250. The zero-order valence-corrected chi connectivity index (χ0v) is 7.46. The summed E-state index contributed by atoms with van der Waals surface area (Å²) in [5.74, 6) is -1.26. The van der Waals surface area contributed by atoms with Crippen molar-refractivity contribution in [3.05, 3.63) is 10.4 Å². The third-order valence-electron chi connectivity index (χ3n) is 2.32. The number of nitrogens with one attached hydrogen (secondary N) is 1. The second kappa shape index (κ2) is 4.52. The molecule has 7 heteroatoms. The molecule has 0 aromatic carbocycles. The van der Waals surface area contributed by atoms with Gasteiger partial charge >= 0.3 is 6.18 Å². The molecule has 0 radical (unpaired) electrons. The van der Waals surface area contributed by atoms with E-state index in [9.17, 15) is 13.2 Å². The quantitative estimate of drug-likeness (QED) is 0.422. The van der Waals surface area contributed by atoms with Crippen LogP contribution in [0.3, 0.4) is 0 Å². The Morgan fingerprint density at radius 3 is 2.79 bits per heavy atom. The smallest absolute Gasteiger partial charge is 0.314 e. The second-order valence-electron chi connectivity index (χ2n) is 3.33. The zero-order valence-electron chi connectivity index (χ0n) is 7.46. The molecular weight excluding hydrogens is 197 g/mol.